The maximum absolute atomic E-state index is 13.7. The van der Waals surface area contributed by atoms with E-state index in [2.05, 4.69) is 15.5 Å². The number of urea groups is 1. The highest BCUT2D eigenvalue weighted by molar-refractivity contribution is 6.06. The first-order valence-corrected chi connectivity index (χ1v) is 13.8. The smallest absolute Gasteiger partial charge is 0.321 e. The lowest BCUT2D eigenvalue weighted by Crippen LogP contribution is -2.50. The average molecular weight is 544 g/mol. The molecule has 9 heteroatoms. The van der Waals surface area contributed by atoms with Crippen molar-refractivity contribution in [3.8, 4) is 0 Å². The maximum Gasteiger partial charge on any atom is 0.321 e. The van der Waals surface area contributed by atoms with Gasteiger partial charge in [0, 0.05) is 61.9 Å². The molecule has 2 fully saturated rings. The van der Waals surface area contributed by atoms with Gasteiger partial charge in [-0.05, 0) is 80.8 Å². The van der Waals surface area contributed by atoms with Crippen LogP contribution in [0.1, 0.15) is 45.5 Å². The molecular formula is C31H34FN5O3. The Morgan fingerprint density at radius 3 is 2.02 bits per heavy atom. The summed E-state index contributed by atoms with van der Waals surface area (Å²) < 4.78 is 13.3. The van der Waals surface area contributed by atoms with Gasteiger partial charge in [0.2, 0.25) is 0 Å². The number of anilines is 3. The fraction of sp³-hybridized carbons (Fsp3) is 0.323. The Bertz CT molecular complexity index is 1360. The normalized spacial score (nSPS) is 15.5. The van der Waals surface area contributed by atoms with Gasteiger partial charge in [0.15, 0.2) is 0 Å². The van der Waals surface area contributed by atoms with Crippen LogP contribution in [0.25, 0.3) is 0 Å². The van der Waals surface area contributed by atoms with E-state index in [0.29, 0.717) is 56.1 Å². The van der Waals surface area contributed by atoms with E-state index in [1.165, 1.54) is 24.3 Å². The molecule has 0 aliphatic carbocycles. The molecule has 5 rings (SSSR count). The number of halogens is 1. The third-order valence-electron chi connectivity index (χ3n) is 7.44. The van der Waals surface area contributed by atoms with Crippen LogP contribution in [0.4, 0.5) is 26.2 Å². The highest BCUT2D eigenvalue weighted by Crippen LogP contribution is 2.28. The standard InChI is InChI=1S/C31H34FN5O3/c1-22-5-11-25(12-6-22)34-31(40)37-19-17-35(18-20-37)28-14-13-26(33-29(38)23-7-9-24(32)10-8-23)21-27(28)30(39)36-15-3-2-4-16-36/h5-14,21H,2-4,15-20H2,1H3,(H,33,38)(H,34,40). The van der Waals surface area contributed by atoms with Gasteiger partial charge < -0.3 is 25.3 Å². The predicted octanol–water partition coefficient (Wildman–Crippen LogP) is 5.37. The maximum atomic E-state index is 13.7. The number of carbonyl (C=O) groups is 3. The van der Waals surface area contributed by atoms with Crippen LogP contribution < -0.4 is 15.5 Å². The number of likely N-dealkylation sites (tertiary alicyclic amines) is 1. The van der Waals surface area contributed by atoms with Crippen LogP contribution >= 0.6 is 0 Å². The van der Waals surface area contributed by atoms with Gasteiger partial charge in [-0.25, -0.2) is 9.18 Å². The zero-order chi connectivity index (χ0) is 28.1. The number of piperazine rings is 1. The number of nitrogens with zero attached hydrogens (tertiary/aromatic N) is 3. The summed E-state index contributed by atoms with van der Waals surface area (Å²) in [5.74, 6) is -0.854. The monoisotopic (exact) mass is 543 g/mol. The van der Waals surface area contributed by atoms with Crippen molar-refractivity contribution in [1.82, 2.24) is 9.80 Å². The lowest BCUT2D eigenvalue weighted by atomic mass is 10.1. The van der Waals surface area contributed by atoms with E-state index in [1.807, 2.05) is 42.2 Å². The van der Waals surface area contributed by atoms with Gasteiger partial charge in [0.05, 0.1) is 5.56 Å². The molecule has 0 atom stereocenters. The number of hydrogen-bond donors (Lipinski definition) is 2. The Labute approximate surface area is 233 Å². The molecule has 0 bridgehead atoms. The molecule has 2 aliphatic rings. The van der Waals surface area contributed by atoms with Gasteiger partial charge in [0.25, 0.3) is 11.8 Å². The lowest BCUT2D eigenvalue weighted by Gasteiger charge is -2.37. The minimum atomic E-state index is -0.414. The van der Waals surface area contributed by atoms with Crippen molar-refractivity contribution in [3.05, 3.63) is 89.2 Å². The highest BCUT2D eigenvalue weighted by Gasteiger charge is 2.27. The number of amides is 4. The average Bonchev–Trinajstić information content (AvgIpc) is 2.99. The summed E-state index contributed by atoms with van der Waals surface area (Å²) in [5.41, 5.74) is 4.02. The Kier molecular flexibility index (Phi) is 8.28. The van der Waals surface area contributed by atoms with E-state index in [-0.39, 0.29) is 17.8 Å². The second-order valence-electron chi connectivity index (χ2n) is 10.3. The second kappa shape index (κ2) is 12.2. The Hall–Kier alpha value is -4.40. The zero-order valence-corrected chi connectivity index (χ0v) is 22.7. The van der Waals surface area contributed by atoms with Gasteiger partial charge in [-0.3, -0.25) is 9.59 Å². The molecule has 8 nitrogen and oxygen atoms in total. The zero-order valence-electron chi connectivity index (χ0n) is 22.7. The molecule has 3 aromatic rings. The topological polar surface area (TPSA) is 85.0 Å². The van der Waals surface area contributed by atoms with Crippen LogP contribution in [0, 0.1) is 12.7 Å². The van der Waals surface area contributed by atoms with Crippen molar-refractivity contribution in [2.75, 3.05) is 54.8 Å². The largest absolute Gasteiger partial charge is 0.367 e. The number of hydrogen-bond acceptors (Lipinski definition) is 4. The van der Waals surface area contributed by atoms with Crippen LogP contribution in [0.3, 0.4) is 0 Å². The van der Waals surface area contributed by atoms with E-state index in [4.69, 9.17) is 0 Å². The molecule has 0 unspecified atom stereocenters. The third-order valence-corrected chi connectivity index (χ3v) is 7.44. The molecule has 4 amide bonds. The third kappa shape index (κ3) is 6.42. The molecule has 0 spiro atoms. The van der Waals surface area contributed by atoms with Crippen molar-refractivity contribution in [2.45, 2.75) is 26.2 Å². The Morgan fingerprint density at radius 2 is 1.35 bits per heavy atom. The molecule has 40 heavy (non-hydrogen) atoms. The molecule has 2 N–H and O–H groups in total. The van der Waals surface area contributed by atoms with Crippen molar-refractivity contribution in [1.29, 1.82) is 0 Å². The molecule has 3 aromatic carbocycles. The second-order valence-corrected chi connectivity index (χ2v) is 10.3. The van der Waals surface area contributed by atoms with E-state index in [9.17, 15) is 18.8 Å². The highest BCUT2D eigenvalue weighted by atomic mass is 19.1. The summed E-state index contributed by atoms with van der Waals surface area (Å²) in [4.78, 5) is 45.0. The van der Waals surface area contributed by atoms with Crippen LogP contribution in [-0.4, -0.2) is 66.9 Å². The first-order valence-electron chi connectivity index (χ1n) is 13.8. The molecule has 2 saturated heterocycles. The van der Waals surface area contributed by atoms with Crippen LogP contribution in [0.5, 0.6) is 0 Å². The molecule has 0 aromatic heterocycles. The number of piperidine rings is 1. The molecular weight excluding hydrogens is 509 g/mol. The molecule has 2 aliphatic heterocycles. The number of nitrogens with one attached hydrogen (secondary N) is 2. The van der Waals surface area contributed by atoms with Gasteiger partial charge in [-0.2, -0.15) is 0 Å². The molecule has 0 radical (unpaired) electrons. The minimum absolute atomic E-state index is 0.0628. The summed E-state index contributed by atoms with van der Waals surface area (Å²) in [7, 11) is 0. The lowest BCUT2D eigenvalue weighted by molar-refractivity contribution is 0.0724. The van der Waals surface area contributed by atoms with Crippen LogP contribution in [0.15, 0.2) is 66.7 Å². The van der Waals surface area contributed by atoms with Crippen molar-refractivity contribution in [3.63, 3.8) is 0 Å². The molecule has 0 saturated carbocycles. The van der Waals surface area contributed by atoms with Crippen molar-refractivity contribution >= 4 is 34.9 Å². The molecule has 2 heterocycles. The summed E-state index contributed by atoms with van der Waals surface area (Å²) in [5, 5.41) is 5.80. The number of carbonyl (C=O) groups excluding carboxylic acids is 3. The first-order chi connectivity index (χ1) is 19.4. The Balaban J connectivity index is 1.31. The van der Waals surface area contributed by atoms with Gasteiger partial charge >= 0.3 is 6.03 Å². The summed E-state index contributed by atoms with van der Waals surface area (Å²) in [6.45, 7) is 5.58. The van der Waals surface area contributed by atoms with E-state index in [1.54, 1.807) is 17.0 Å². The van der Waals surface area contributed by atoms with E-state index >= 15 is 0 Å². The predicted molar refractivity (Wildman–Crippen MR) is 155 cm³/mol. The first kappa shape index (κ1) is 27.2. The minimum Gasteiger partial charge on any atom is -0.367 e. The SMILES string of the molecule is Cc1ccc(NC(=O)N2CCN(c3ccc(NC(=O)c4ccc(F)cc4)cc3C(=O)N3CCCCC3)CC2)cc1. The number of benzene rings is 3. The molecule has 208 valence electrons. The van der Waals surface area contributed by atoms with Crippen molar-refractivity contribution in [2.24, 2.45) is 0 Å². The van der Waals surface area contributed by atoms with Crippen LogP contribution in [-0.2, 0) is 0 Å². The fourth-order valence-electron chi connectivity index (χ4n) is 5.12. The number of rotatable bonds is 5. The summed E-state index contributed by atoms with van der Waals surface area (Å²) in [6, 6.07) is 18.2. The number of aryl methyl sites for hydroxylation is 1. The van der Waals surface area contributed by atoms with E-state index < -0.39 is 5.82 Å². The summed E-state index contributed by atoms with van der Waals surface area (Å²) >= 11 is 0. The summed E-state index contributed by atoms with van der Waals surface area (Å²) in [6.07, 6.45) is 3.05. The fourth-order valence-corrected chi connectivity index (χ4v) is 5.12. The van der Waals surface area contributed by atoms with Crippen molar-refractivity contribution < 1.29 is 18.8 Å². The van der Waals surface area contributed by atoms with Gasteiger partial charge in [-0.1, -0.05) is 17.7 Å². The van der Waals surface area contributed by atoms with Gasteiger partial charge in [0.1, 0.15) is 5.82 Å². The quantitative estimate of drug-likeness (QED) is 0.453. The van der Waals surface area contributed by atoms with Crippen LogP contribution in [0.2, 0.25) is 0 Å². The van der Waals surface area contributed by atoms with E-state index in [0.717, 1.165) is 36.2 Å². The van der Waals surface area contributed by atoms with Gasteiger partial charge in [-0.15, -0.1) is 0 Å². The Morgan fingerprint density at radius 1 is 0.700 bits per heavy atom.